The van der Waals surface area contributed by atoms with E-state index in [1.54, 1.807) is 0 Å². The van der Waals surface area contributed by atoms with Gasteiger partial charge in [0.1, 0.15) is 0 Å². The Balaban J connectivity index is 2.37. The van der Waals surface area contributed by atoms with E-state index in [0.29, 0.717) is 18.9 Å². The van der Waals surface area contributed by atoms with Crippen molar-refractivity contribution in [3.8, 4) is 0 Å². The Labute approximate surface area is 110 Å². The van der Waals surface area contributed by atoms with Crippen LogP contribution in [0.4, 0.5) is 0 Å². The average molecular weight is 248 g/mol. The van der Waals surface area contributed by atoms with Gasteiger partial charge in [-0.2, -0.15) is 0 Å². The van der Waals surface area contributed by atoms with Gasteiger partial charge < -0.3 is 10.6 Å². The minimum absolute atomic E-state index is 0.0932. The van der Waals surface area contributed by atoms with E-state index in [2.05, 4.69) is 48.7 Å². The zero-order valence-electron chi connectivity index (χ0n) is 11.6. The third kappa shape index (κ3) is 5.82. The second-order valence-electron chi connectivity index (χ2n) is 5.04. The van der Waals surface area contributed by atoms with Gasteiger partial charge in [-0.25, -0.2) is 0 Å². The molecule has 0 heterocycles. The Kier molecular flexibility index (Phi) is 6.44. The van der Waals surface area contributed by atoms with Gasteiger partial charge in [-0.15, -0.1) is 0 Å². The average Bonchev–Trinajstić information content (AvgIpc) is 2.35. The Morgan fingerprint density at radius 1 is 1.17 bits per heavy atom. The van der Waals surface area contributed by atoms with Crippen molar-refractivity contribution in [1.82, 2.24) is 10.6 Å². The molecule has 0 saturated heterocycles. The maximum Gasteiger partial charge on any atom is 0.221 e. The number of nitrogens with one attached hydrogen (secondary N) is 2. The standard InChI is InChI=1S/C15H24N2O/c1-12(2)10-13-4-6-14(7-5-13)11-17-15(18)8-9-16-3/h4-7,12,16H,8-11H2,1-3H3,(H,17,18). The Morgan fingerprint density at radius 3 is 2.33 bits per heavy atom. The fourth-order valence-electron chi connectivity index (χ4n) is 1.79. The zero-order valence-corrected chi connectivity index (χ0v) is 11.6. The molecule has 0 aliphatic heterocycles. The number of carbonyl (C=O) groups excluding carboxylic acids is 1. The molecule has 0 spiro atoms. The lowest BCUT2D eigenvalue weighted by molar-refractivity contribution is -0.121. The summed E-state index contributed by atoms with van der Waals surface area (Å²) in [5, 5.41) is 5.88. The molecule has 0 aliphatic carbocycles. The van der Waals surface area contributed by atoms with Crippen molar-refractivity contribution in [2.45, 2.75) is 33.2 Å². The van der Waals surface area contributed by atoms with Crippen LogP contribution in [0.2, 0.25) is 0 Å². The minimum Gasteiger partial charge on any atom is -0.352 e. The van der Waals surface area contributed by atoms with Crippen LogP contribution in [0, 0.1) is 5.92 Å². The summed E-state index contributed by atoms with van der Waals surface area (Å²) >= 11 is 0. The van der Waals surface area contributed by atoms with E-state index in [-0.39, 0.29) is 5.91 Å². The normalized spacial score (nSPS) is 10.7. The molecule has 1 aromatic carbocycles. The summed E-state index contributed by atoms with van der Waals surface area (Å²) in [6.45, 7) is 5.77. The number of carbonyl (C=O) groups is 1. The summed E-state index contributed by atoms with van der Waals surface area (Å²) in [7, 11) is 1.85. The Morgan fingerprint density at radius 2 is 1.78 bits per heavy atom. The van der Waals surface area contributed by atoms with Crippen LogP contribution in [0.5, 0.6) is 0 Å². The molecule has 100 valence electrons. The highest BCUT2D eigenvalue weighted by molar-refractivity contribution is 5.76. The van der Waals surface area contributed by atoms with Crippen molar-refractivity contribution in [2.24, 2.45) is 5.92 Å². The van der Waals surface area contributed by atoms with Gasteiger partial charge in [0.05, 0.1) is 0 Å². The smallest absolute Gasteiger partial charge is 0.221 e. The highest BCUT2D eigenvalue weighted by Gasteiger charge is 2.01. The first-order valence-electron chi connectivity index (χ1n) is 6.61. The molecule has 0 bridgehead atoms. The summed E-state index contributed by atoms with van der Waals surface area (Å²) in [6.07, 6.45) is 1.64. The van der Waals surface area contributed by atoms with Crippen molar-refractivity contribution in [3.63, 3.8) is 0 Å². The van der Waals surface area contributed by atoms with E-state index in [4.69, 9.17) is 0 Å². The number of hydrogen-bond acceptors (Lipinski definition) is 2. The van der Waals surface area contributed by atoms with E-state index in [1.807, 2.05) is 7.05 Å². The van der Waals surface area contributed by atoms with Crippen LogP contribution in [-0.4, -0.2) is 19.5 Å². The van der Waals surface area contributed by atoms with Crippen LogP contribution in [0.1, 0.15) is 31.4 Å². The highest BCUT2D eigenvalue weighted by atomic mass is 16.1. The fraction of sp³-hybridized carbons (Fsp3) is 0.533. The lowest BCUT2D eigenvalue weighted by atomic mass is 10.0. The molecule has 0 aliphatic rings. The number of benzene rings is 1. The van der Waals surface area contributed by atoms with Crippen LogP contribution in [0.15, 0.2) is 24.3 Å². The molecule has 0 fully saturated rings. The molecule has 3 nitrogen and oxygen atoms in total. The topological polar surface area (TPSA) is 41.1 Å². The lowest BCUT2D eigenvalue weighted by Crippen LogP contribution is -2.26. The Hall–Kier alpha value is -1.35. The predicted octanol–water partition coefficient (Wildman–Crippen LogP) is 2.11. The van der Waals surface area contributed by atoms with E-state index >= 15 is 0 Å². The number of hydrogen-bond donors (Lipinski definition) is 2. The van der Waals surface area contributed by atoms with Crippen LogP contribution < -0.4 is 10.6 Å². The third-order valence-electron chi connectivity index (χ3n) is 2.76. The van der Waals surface area contributed by atoms with Crippen LogP contribution in [0.3, 0.4) is 0 Å². The van der Waals surface area contributed by atoms with Crippen molar-refractivity contribution in [2.75, 3.05) is 13.6 Å². The largest absolute Gasteiger partial charge is 0.352 e. The molecule has 0 atom stereocenters. The maximum absolute atomic E-state index is 11.4. The minimum atomic E-state index is 0.0932. The molecule has 1 rings (SSSR count). The van der Waals surface area contributed by atoms with Gasteiger partial charge in [-0.1, -0.05) is 38.1 Å². The molecular weight excluding hydrogens is 224 g/mol. The predicted molar refractivity (Wildman–Crippen MR) is 75.4 cm³/mol. The molecule has 1 aromatic rings. The highest BCUT2D eigenvalue weighted by Crippen LogP contribution is 2.09. The number of amides is 1. The number of rotatable bonds is 7. The van der Waals surface area contributed by atoms with Crippen molar-refractivity contribution in [3.05, 3.63) is 35.4 Å². The summed E-state index contributed by atoms with van der Waals surface area (Å²) in [5.41, 5.74) is 2.51. The molecule has 0 radical (unpaired) electrons. The molecule has 1 amide bonds. The van der Waals surface area contributed by atoms with E-state index in [1.165, 1.54) is 5.56 Å². The third-order valence-corrected chi connectivity index (χ3v) is 2.76. The SMILES string of the molecule is CNCCC(=O)NCc1ccc(CC(C)C)cc1. The van der Waals surface area contributed by atoms with Crippen LogP contribution in [-0.2, 0) is 17.8 Å². The quantitative estimate of drug-likeness (QED) is 0.776. The van der Waals surface area contributed by atoms with Gasteiger partial charge >= 0.3 is 0 Å². The second-order valence-corrected chi connectivity index (χ2v) is 5.04. The van der Waals surface area contributed by atoms with E-state index < -0.39 is 0 Å². The van der Waals surface area contributed by atoms with Crippen LogP contribution in [0.25, 0.3) is 0 Å². The monoisotopic (exact) mass is 248 g/mol. The first kappa shape index (κ1) is 14.7. The molecular formula is C15H24N2O. The molecule has 0 aromatic heterocycles. The first-order valence-corrected chi connectivity index (χ1v) is 6.61. The lowest BCUT2D eigenvalue weighted by Gasteiger charge is -2.08. The summed E-state index contributed by atoms with van der Waals surface area (Å²) in [5.74, 6) is 0.771. The molecule has 3 heteroatoms. The summed E-state index contributed by atoms with van der Waals surface area (Å²) in [4.78, 5) is 11.4. The maximum atomic E-state index is 11.4. The van der Waals surface area contributed by atoms with Crippen molar-refractivity contribution in [1.29, 1.82) is 0 Å². The van der Waals surface area contributed by atoms with Gasteiger partial charge in [-0.3, -0.25) is 4.79 Å². The van der Waals surface area contributed by atoms with Crippen LogP contribution >= 0.6 is 0 Å². The molecule has 18 heavy (non-hydrogen) atoms. The summed E-state index contributed by atoms with van der Waals surface area (Å²) < 4.78 is 0. The van der Waals surface area contributed by atoms with Gasteiger partial charge in [0, 0.05) is 19.5 Å². The molecule has 0 saturated carbocycles. The van der Waals surface area contributed by atoms with Gasteiger partial charge in [0.15, 0.2) is 0 Å². The zero-order chi connectivity index (χ0) is 13.4. The molecule has 2 N–H and O–H groups in total. The first-order chi connectivity index (χ1) is 8.61. The van der Waals surface area contributed by atoms with Crippen molar-refractivity contribution < 1.29 is 4.79 Å². The van der Waals surface area contributed by atoms with E-state index in [0.717, 1.165) is 18.5 Å². The fourth-order valence-corrected chi connectivity index (χ4v) is 1.79. The second kappa shape index (κ2) is 7.88. The molecule has 0 unspecified atom stereocenters. The van der Waals surface area contributed by atoms with Gasteiger partial charge in [-0.05, 0) is 30.5 Å². The summed E-state index contributed by atoms with van der Waals surface area (Å²) in [6, 6.07) is 8.48. The van der Waals surface area contributed by atoms with E-state index in [9.17, 15) is 4.79 Å². The van der Waals surface area contributed by atoms with Gasteiger partial charge in [0.25, 0.3) is 0 Å². The Bertz CT molecular complexity index is 357. The van der Waals surface area contributed by atoms with Crippen molar-refractivity contribution >= 4 is 5.91 Å². The van der Waals surface area contributed by atoms with Gasteiger partial charge in [0.2, 0.25) is 5.91 Å².